The zero-order valence-corrected chi connectivity index (χ0v) is 21.5. The topological polar surface area (TPSA) is 119 Å². The molecule has 35 heavy (non-hydrogen) atoms. The summed E-state index contributed by atoms with van der Waals surface area (Å²) < 4.78 is 26.8. The first-order valence-electron chi connectivity index (χ1n) is 12.2. The highest BCUT2D eigenvalue weighted by Crippen LogP contribution is 2.13. The Morgan fingerprint density at radius 2 is 1.60 bits per heavy atom. The van der Waals surface area contributed by atoms with Gasteiger partial charge in [-0.1, -0.05) is 56.3 Å². The largest absolute Gasteiger partial charge is 0.508 e. The molecule has 8 nitrogen and oxygen atoms in total. The maximum Gasteiger partial charge on any atom is 0.221 e. The molecule has 9 heteroatoms. The van der Waals surface area contributed by atoms with E-state index in [0.717, 1.165) is 11.1 Å². The monoisotopic (exact) mass is 505 g/mol. The van der Waals surface area contributed by atoms with Crippen LogP contribution in [-0.4, -0.2) is 66.4 Å². The first-order chi connectivity index (χ1) is 16.7. The van der Waals surface area contributed by atoms with E-state index in [1.54, 1.807) is 24.3 Å². The van der Waals surface area contributed by atoms with Crippen LogP contribution in [0.25, 0.3) is 0 Å². The van der Waals surface area contributed by atoms with Crippen LogP contribution in [0.5, 0.6) is 5.75 Å². The number of hydrogen-bond acceptors (Lipinski definition) is 6. The second kappa shape index (κ2) is 14.8. The SMILES string of the molecule is CCCN(CCC)S(=O)(=O)CCC(=O)N[C@@H](Cc1ccc(O)cc1)[C@@H](O)CNCc1ccccc1. The van der Waals surface area contributed by atoms with Crippen molar-refractivity contribution in [1.82, 2.24) is 14.9 Å². The minimum Gasteiger partial charge on any atom is -0.508 e. The average molecular weight is 506 g/mol. The summed E-state index contributed by atoms with van der Waals surface area (Å²) in [5.74, 6) is -0.562. The average Bonchev–Trinajstić information content (AvgIpc) is 2.84. The highest BCUT2D eigenvalue weighted by molar-refractivity contribution is 7.89. The zero-order chi connectivity index (χ0) is 25.7. The summed E-state index contributed by atoms with van der Waals surface area (Å²) in [4.78, 5) is 12.7. The first kappa shape index (κ1) is 28.8. The third kappa shape index (κ3) is 10.4. The molecule has 4 N–H and O–H groups in total. The lowest BCUT2D eigenvalue weighted by atomic mass is 10.0. The van der Waals surface area contributed by atoms with Gasteiger partial charge in [0.1, 0.15) is 5.75 Å². The summed E-state index contributed by atoms with van der Waals surface area (Å²) in [6, 6.07) is 15.7. The lowest BCUT2D eigenvalue weighted by Crippen LogP contribution is -2.49. The van der Waals surface area contributed by atoms with Gasteiger partial charge in [-0.3, -0.25) is 4.79 Å². The van der Waals surface area contributed by atoms with E-state index in [1.165, 1.54) is 4.31 Å². The van der Waals surface area contributed by atoms with Gasteiger partial charge in [-0.2, -0.15) is 0 Å². The molecular formula is C26H39N3O5S. The number of amides is 1. The molecule has 0 saturated carbocycles. The van der Waals surface area contributed by atoms with Crippen molar-refractivity contribution in [2.75, 3.05) is 25.4 Å². The predicted octanol–water partition coefficient (Wildman–Crippen LogP) is 2.41. The summed E-state index contributed by atoms with van der Waals surface area (Å²) in [6.07, 6.45) is 0.683. The molecule has 0 aliphatic rings. The lowest BCUT2D eigenvalue weighted by Gasteiger charge is -2.25. The van der Waals surface area contributed by atoms with Crippen molar-refractivity contribution in [2.24, 2.45) is 0 Å². The molecule has 1 amide bonds. The van der Waals surface area contributed by atoms with Gasteiger partial charge >= 0.3 is 0 Å². The molecule has 0 spiro atoms. The summed E-state index contributed by atoms with van der Waals surface area (Å²) in [7, 11) is -3.54. The van der Waals surface area contributed by atoms with Crippen molar-refractivity contribution in [3.05, 3.63) is 65.7 Å². The Morgan fingerprint density at radius 3 is 2.20 bits per heavy atom. The van der Waals surface area contributed by atoms with E-state index in [0.29, 0.717) is 38.9 Å². The van der Waals surface area contributed by atoms with Crippen LogP contribution in [0.1, 0.15) is 44.2 Å². The van der Waals surface area contributed by atoms with E-state index < -0.39 is 28.1 Å². The molecule has 2 rings (SSSR count). The third-order valence-electron chi connectivity index (χ3n) is 5.65. The van der Waals surface area contributed by atoms with Gasteiger partial charge in [0.15, 0.2) is 0 Å². The number of rotatable bonds is 16. The molecule has 0 radical (unpaired) electrons. The van der Waals surface area contributed by atoms with Crippen molar-refractivity contribution in [3.63, 3.8) is 0 Å². The molecule has 2 aromatic carbocycles. The van der Waals surface area contributed by atoms with Crippen molar-refractivity contribution < 1.29 is 23.4 Å². The number of aromatic hydroxyl groups is 1. The number of hydrogen-bond donors (Lipinski definition) is 4. The number of benzene rings is 2. The minimum absolute atomic E-state index is 0.133. The Kier molecular flexibility index (Phi) is 12.2. The van der Waals surface area contributed by atoms with Gasteiger partial charge in [-0.05, 0) is 42.5 Å². The maximum atomic E-state index is 12.7. The molecule has 2 aromatic rings. The van der Waals surface area contributed by atoms with Crippen LogP contribution >= 0.6 is 0 Å². The van der Waals surface area contributed by atoms with Gasteiger partial charge in [-0.15, -0.1) is 0 Å². The molecule has 2 atom stereocenters. The van der Waals surface area contributed by atoms with Crippen LogP contribution < -0.4 is 10.6 Å². The fraction of sp³-hybridized carbons (Fsp3) is 0.500. The smallest absolute Gasteiger partial charge is 0.221 e. The van der Waals surface area contributed by atoms with E-state index in [9.17, 15) is 23.4 Å². The van der Waals surface area contributed by atoms with Crippen LogP contribution in [0.4, 0.5) is 0 Å². The molecule has 0 heterocycles. The number of carbonyl (C=O) groups excluding carboxylic acids is 1. The van der Waals surface area contributed by atoms with Crippen LogP contribution in [-0.2, 0) is 27.8 Å². The number of nitrogens with one attached hydrogen (secondary N) is 2. The minimum atomic E-state index is -3.54. The second-order valence-electron chi connectivity index (χ2n) is 8.69. The zero-order valence-electron chi connectivity index (χ0n) is 20.7. The van der Waals surface area contributed by atoms with E-state index >= 15 is 0 Å². The van der Waals surface area contributed by atoms with E-state index in [4.69, 9.17) is 0 Å². The molecule has 0 saturated heterocycles. The third-order valence-corrected chi connectivity index (χ3v) is 7.53. The van der Waals surface area contributed by atoms with E-state index in [2.05, 4.69) is 10.6 Å². The van der Waals surface area contributed by atoms with Gasteiger partial charge < -0.3 is 20.8 Å². The number of phenolic OH excluding ortho intramolecular Hbond substituents is 1. The number of carbonyl (C=O) groups is 1. The summed E-state index contributed by atoms with van der Waals surface area (Å²) in [5, 5.41) is 26.4. The molecular weight excluding hydrogens is 466 g/mol. The highest BCUT2D eigenvalue weighted by Gasteiger charge is 2.25. The Balaban J connectivity index is 2.00. The van der Waals surface area contributed by atoms with Crippen molar-refractivity contribution in [2.45, 2.75) is 58.2 Å². The van der Waals surface area contributed by atoms with E-state index in [-0.39, 0.29) is 24.5 Å². The van der Waals surface area contributed by atoms with E-state index in [1.807, 2.05) is 44.2 Å². The summed E-state index contributed by atoms with van der Waals surface area (Å²) in [5.41, 5.74) is 1.91. The Hall–Kier alpha value is -2.46. The molecule has 0 bridgehead atoms. The fourth-order valence-corrected chi connectivity index (χ4v) is 5.41. The van der Waals surface area contributed by atoms with Gasteiger partial charge in [0, 0.05) is 32.6 Å². The standard InChI is InChI=1S/C26H39N3O5S/c1-3-15-29(16-4-2)35(33,34)17-14-26(32)28-24(18-21-10-12-23(30)13-11-21)25(31)20-27-19-22-8-6-5-7-9-22/h5-13,24-25,27,30-31H,3-4,14-20H2,1-2H3,(H,28,32)/t24-,25-/m0/s1. The van der Waals surface area contributed by atoms with Crippen LogP contribution in [0.3, 0.4) is 0 Å². The lowest BCUT2D eigenvalue weighted by molar-refractivity contribution is -0.122. The Bertz CT molecular complexity index is 978. The molecule has 0 fully saturated rings. The van der Waals surface area contributed by atoms with Crippen molar-refractivity contribution in [1.29, 1.82) is 0 Å². The van der Waals surface area contributed by atoms with Crippen LogP contribution in [0.2, 0.25) is 0 Å². The Labute approximate surface area is 209 Å². The molecule has 194 valence electrons. The fourth-order valence-electron chi connectivity index (χ4n) is 3.79. The second-order valence-corrected chi connectivity index (χ2v) is 10.8. The highest BCUT2D eigenvalue weighted by atomic mass is 32.2. The number of aliphatic hydroxyl groups excluding tert-OH is 1. The summed E-state index contributed by atoms with van der Waals surface area (Å²) in [6.45, 7) is 5.54. The maximum absolute atomic E-state index is 12.7. The summed E-state index contributed by atoms with van der Waals surface area (Å²) >= 11 is 0. The normalized spacial score (nSPS) is 13.5. The Morgan fingerprint density at radius 1 is 0.971 bits per heavy atom. The van der Waals surface area contributed by atoms with Gasteiger partial charge in [-0.25, -0.2) is 12.7 Å². The van der Waals surface area contributed by atoms with Crippen LogP contribution in [0.15, 0.2) is 54.6 Å². The van der Waals surface area contributed by atoms with Gasteiger partial charge in [0.05, 0.1) is 17.9 Å². The first-order valence-corrected chi connectivity index (χ1v) is 13.8. The molecule has 0 aromatic heterocycles. The molecule has 0 aliphatic carbocycles. The number of aliphatic hydroxyl groups is 1. The predicted molar refractivity (Wildman–Crippen MR) is 138 cm³/mol. The number of sulfonamides is 1. The van der Waals surface area contributed by atoms with Crippen molar-refractivity contribution >= 4 is 15.9 Å². The van der Waals surface area contributed by atoms with Crippen molar-refractivity contribution in [3.8, 4) is 5.75 Å². The quantitative estimate of drug-likeness (QED) is 0.278. The molecule has 0 aliphatic heterocycles. The van der Waals surface area contributed by atoms with Crippen LogP contribution in [0, 0.1) is 0 Å². The molecule has 0 unspecified atom stereocenters. The van der Waals surface area contributed by atoms with Gasteiger partial charge in [0.25, 0.3) is 0 Å². The number of phenols is 1. The number of nitrogens with zero attached hydrogens (tertiary/aromatic N) is 1. The van der Waals surface area contributed by atoms with Gasteiger partial charge in [0.2, 0.25) is 15.9 Å².